The molecule has 0 radical (unpaired) electrons. The zero-order valence-electron chi connectivity index (χ0n) is 20.0. The van der Waals surface area contributed by atoms with Crippen molar-refractivity contribution in [2.24, 2.45) is 0 Å². The topological polar surface area (TPSA) is 78.2 Å². The Bertz CT molecular complexity index is 1510. The maximum Gasteiger partial charge on any atom is 0.295 e. The van der Waals surface area contributed by atoms with Crippen LogP contribution >= 0.6 is 15.9 Å². The van der Waals surface area contributed by atoms with Gasteiger partial charge in [-0.25, -0.2) is 0 Å². The molecule has 184 valence electrons. The van der Waals surface area contributed by atoms with Crippen molar-refractivity contribution in [3.8, 4) is 17.2 Å². The van der Waals surface area contributed by atoms with E-state index in [2.05, 4.69) is 15.9 Å². The van der Waals surface area contributed by atoms with Gasteiger partial charge < -0.3 is 18.6 Å². The SMILES string of the molecule is CCOc1ccc(N2C(=O)c3oc4ccc(Br)cc4c(=O)c3C2c2ccc(OCC)c(OC)c2)cc1. The second kappa shape index (κ2) is 9.70. The number of methoxy groups -OCH3 is 1. The quantitative estimate of drug-likeness (QED) is 0.276. The van der Waals surface area contributed by atoms with Crippen LogP contribution in [0.4, 0.5) is 5.69 Å². The summed E-state index contributed by atoms with van der Waals surface area (Å²) in [7, 11) is 1.55. The number of hydrogen-bond acceptors (Lipinski definition) is 6. The monoisotopic (exact) mass is 549 g/mol. The molecule has 1 unspecified atom stereocenters. The molecule has 0 saturated heterocycles. The van der Waals surface area contributed by atoms with Crippen LogP contribution in [-0.4, -0.2) is 26.2 Å². The molecule has 7 nitrogen and oxygen atoms in total. The van der Waals surface area contributed by atoms with Crippen LogP contribution in [0.3, 0.4) is 0 Å². The van der Waals surface area contributed by atoms with E-state index in [1.165, 1.54) is 0 Å². The molecule has 1 aliphatic rings. The number of fused-ring (bicyclic) bond motifs is 2. The summed E-state index contributed by atoms with van der Waals surface area (Å²) in [6, 6.07) is 17.1. The Hall–Kier alpha value is -3.78. The van der Waals surface area contributed by atoms with E-state index in [1.807, 2.05) is 19.9 Å². The lowest BCUT2D eigenvalue weighted by Gasteiger charge is -2.26. The Morgan fingerprint density at radius 3 is 2.36 bits per heavy atom. The molecule has 5 rings (SSSR count). The fourth-order valence-electron chi connectivity index (χ4n) is 4.53. The third-order valence-corrected chi connectivity index (χ3v) is 6.55. The summed E-state index contributed by atoms with van der Waals surface area (Å²) in [5.41, 5.74) is 1.68. The van der Waals surface area contributed by atoms with Gasteiger partial charge in [-0.05, 0) is 74.0 Å². The highest BCUT2D eigenvalue weighted by Gasteiger charge is 2.44. The van der Waals surface area contributed by atoms with E-state index >= 15 is 0 Å². The first-order valence-corrected chi connectivity index (χ1v) is 12.4. The van der Waals surface area contributed by atoms with Gasteiger partial charge >= 0.3 is 0 Å². The predicted octanol–water partition coefficient (Wildman–Crippen LogP) is 6.11. The second-order valence-corrected chi connectivity index (χ2v) is 9.08. The van der Waals surface area contributed by atoms with E-state index in [4.69, 9.17) is 18.6 Å². The van der Waals surface area contributed by atoms with Gasteiger partial charge in [-0.1, -0.05) is 22.0 Å². The average molecular weight is 550 g/mol. The van der Waals surface area contributed by atoms with E-state index in [9.17, 15) is 9.59 Å². The minimum absolute atomic E-state index is 0.0292. The standard InChI is InChI=1S/C28H24BrNO6/c1-4-34-19-10-8-18(9-11-19)30-25(16-6-12-22(35-5-2)23(14-16)33-3)24-26(31)20-15-17(29)7-13-21(20)36-27(24)28(30)32/h6-15,25H,4-5H2,1-3H3. The number of carbonyl (C=O) groups excluding carboxylic acids is 1. The largest absolute Gasteiger partial charge is 0.494 e. The van der Waals surface area contributed by atoms with E-state index in [0.717, 1.165) is 4.47 Å². The first kappa shape index (κ1) is 23.9. The number of amides is 1. The number of carbonyl (C=O) groups is 1. The Labute approximate surface area is 216 Å². The van der Waals surface area contributed by atoms with Crippen LogP contribution in [0.5, 0.6) is 17.2 Å². The molecule has 0 N–H and O–H groups in total. The lowest BCUT2D eigenvalue weighted by atomic mass is 9.97. The van der Waals surface area contributed by atoms with Gasteiger partial charge in [0.05, 0.1) is 37.3 Å². The number of ether oxygens (including phenoxy) is 3. The van der Waals surface area contributed by atoms with Gasteiger partial charge in [-0.15, -0.1) is 0 Å². The third kappa shape index (κ3) is 4.01. The highest BCUT2D eigenvalue weighted by molar-refractivity contribution is 9.10. The van der Waals surface area contributed by atoms with Crippen molar-refractivity contribution < 1.29 is 23.4 Å². The van der Waals surface area contributed by atoms with Crippen LogP contribution < -0.4 is 24.5 Å². The molecule has 4 aromatic rings. The minimum Gasteiger partial charge on any atom is -0.494 e. The molecule has 0 bridgehead atoms. The molecule has 8 heteroatoms. The van der Waals surface area contributed by atoms with Gasteiger partial charge in [0.25, 0.3) is 5.91 Å². The van der Waals surface area contributed by atoms with Crippen LogP contribution in [0.25, 0.3) is 11.0 Å². The van der Waals surface area contributed by atoms with E-state index in [0.29, 0.717) is 52.7 Å². The normalized spacial score (nSPS) is 14.7. The van der Waals surface area contributed by atoms with Crippen LogP contribution in [0, 0.1) is 0 Å². The Balaban J connectivity index is 1.74. The lowest BCUT2D eigenvalue weighted by Crippen LogP contribution is -2.29. The fraction of sp³-hybridized carbons (Fsp3) is 0.214. The fourth-order valence-corrected chi connectivity index (χ4v) is 4.89. The number of rotatable bonds is 7. The van der Waals surface area contributed by atoms with Crippen molar-refractivity contribution in [3.05, 3.63) is 92.2 Å². The summed E-state index contributed by atoms with van der Waals surface area (Å²) in [5.74, 6) is 1.41. The molecular formula is C28H24BrNO6. The summed E-state index contributed by atoms with van der Waals surface area (Å²) in [5, 5.41) is 0.396. The molecule has 1 aliphatic heterocycles. The van der Waals surface area contributed by atoms with Crippen molar-refractivity contribution in [1.82, 2.24) is 0 Å². The zero-order valence-corrected chi connectivity index (χ0v) is 21.6. The van der Waals surface area contributed by atoms with Crippen LogP contribution in [-0.2, 0) is 0 Å². The molecule has 0 saturated carbocycles. The van der Waals surface area contributed by atoms with Gasteiger partial charge in [0.1, 0.15) is 11.3 Å². The Morgan fingerprint density at radius 1 is 0.917 bits per heavy atom. The zero-order chi connectivity index (χ0) is 25.4. The molecule has 0 spiro atoms. The number of halogens is 1. The summed E-state index contributed by atoms with van der Waals surface area (Å²) < 4.78 is 23.6. The number of benzene rings is 3. The van der Waals surface area contributed by atoms with Crippen molar-refractivity contribution in [3.63, 3.8) is 0 Å². The molecular weight excluding hydrogens is 526 g/mol. The maximum absolute atomic E-state index is 13.8. The summed E-state index contributed by atoms with van der Waals surface area (Å²) >= 11 is 3.43. The number of anilines is 1. The van der Waals surface area contributed by atoms with Crippen LogP contribution in [0.1, 0.15) is 41.6 Å². The summed E-state index contributed by atoms with van der Waals surface area (Å²) in [6.45, 7) is 4.80. The second-order valence-electron chi connectivity index (χ2n) is 8.16. The molecule has 3 aromatic carbocycles. The highest BCUT2D eigenvalue weighted by atomic mass is 79.9. The Kier molecular flexibility index (Phi) is 6.45. The van der Waals surface area contributed by atoms with Crippen molar-refractivity contribution in [1.29, 1.82) is 0 Å². The molecule has 2 heterocycles. The van der Waals surface area contributed by atoms with Crippen molar-refractivity contribution >= 4 is 38.5 Å². The van der Waals surface area contributed by atoms with Gasteiger partial charge in [-0.2, -0.15) is 0 Å². The molecule has 36 heavy (non-hydrogen) atoms. The number of hydrogen-bond donors (Lipinski definition) is 0. The Morgan fingerprint density at radius 2 is 1.67 bits per heavy atom. The first-order chi connectivity index (χ1) is 17.5. The summed E-state index contributed by atoms with van der Waals surface area (Å²) in [6.07, 6.45) is 0. The first-order valence-electron chi connectivity index (χ1n) is 11.6. The summed E-state index contributed by atoms with van der Waals surface area (Å²) in [4.78, 5) is 29.2. The number of nitrogens with zero attached hydrogens (tertiary/aromatic N) is 1. The van der Waals surface area contributed by atoms with E-state index in [-0.39, 0.29) is 16.8 Å². The molecule has 1 aromatic heterocycles. The maximum atomic E-state index is 13.8. The molecule has 1 amide bonds. The van der Waals surface area contributed by atoms with Crippen molar-refractivity contribution in [2.45, 2.75) is 19.9 Å². The van der Waals surface area contributed by atoms with Gasteiger partial charge in [0.2, 0.25) is 5.76 Å². The van der Waals surface area contributed by atoms with E-state index in [1.54, 1.807) is 66.6 Å². The highest BCUT2D eigenvalue weighted by Crippen LogP contribution is 2.43. The molecule has 1 atom stereocenters. The minimum atomic E-state index is -0.727. The average Bonchev–Trinajstić information content (AvgIpc) is 3.18. The van der Waals surface area contributed by atoms with Crippen LogP contribution in [0.15, 0.2) is 74.3 Å². The van der Waals surface area contributed by atoms with Crippen molar-refractivity contribution in [2.75, 3.05) is 25.2 Å². The molecule has 0 aliphatic carbocycles. The van der Waals surface area contributed by atoms with Gasteiger partial charge in [-0.3, -0.25) is 14.5 Å². The van der Waals surface area contributed by atoms with Crippen LogP contribution in [0.2, 0.25) is 0 Å². The smallest absolute Gasteiger partial charge is 0.295 e. The van der Waals surface area contributed by atoms with Gasteiger partial charge in [0.15, 0.2) is 16.9 Å². The predicted molar refractivity (Wildman–Crippen MR) is 141 cm³/mol. The third-order valence-electron chi connectivity index (χ3n) is 6.06. The lowest BCUT2D eigenvalue weighted by molar-refractivity contribution is 0.0971. The molecule has 0 fully saturated rings. The van der Waals surface area contributed by atoms with E-state index < -0.39 is 11.9 Å². The van der Waals surface area contributed by atoms with Gasteiger partial charge in [0, 0.05) is 10.2 Å².